The summed E-state index contributed by atoms with van der Waals surface area (Å²) in [5, 5.41) is 2.97. The predicted molar refractivity (Wildman–Crippen MR) is 68.5 cm³/mol. The molecular formula is C12H9BrF3N3. The van der Waals surface area contributed by atoms with Crippen LogP contribution in [0.3, 0.4) is 0 Å². The molecule has 0 amide bonds. The first-order chi connectivity index (χ1) is 8.95. The molecule has 1 heterocycles. The van der Waals surface area contributed by atoms with E-state index in [2.05, 4.69) is 31.2 Å². The van der Waals surface area contributed by atoms with Crippen LogP contribution in [-0.2, 0) is 12.7 Å². The van der Waals surface area contributed by atoms with E-state index in [1.807, 2.05) is 0 Å². The molecule has 0 aliphatic heterocycles. The van der Waals surface area contributed by atoms with Gasteiger partial charge in [-0.25, -0.2) is 9.97 Å². The molecule has 7 heteroatoms. The van der Waals surface area contributed by atoms with Gasteiger partial charge < -0.3 is 5.32 Å². The van der Waals surface area contributed by atoms with Crippen molar-refractivity contribution in [3.8, 4) is 0 Å². The van der Waals surface area contributed by atoms with E-state index in [1.165, 1.54) is 24.5 Å². The van der Waals surface area contributed by atoms with Crippen LogP contribution < -0.4 is 5.32 Å². The summed E-state index contributed by atoms with van der Waals surface area (Å²) in [7, 11) is 0. The molecule has 0 saturated carbocycles. The van der Waals surface area contributed by atoms with Crippen molar-refractivity contribution in [2.24, 2.45) is 0 Å². The van der Waals surface area contributed by atoms with Crippen LogP contribution in [0.2, 0.25) is 0 Å². The lowest BCUT2D eigenvalue weighted by Gasteiger charge is -2.08. The summed E-state index contributed by atoms with van der Waals surface area (Å²) in [6, 6.07) is 4.98. The molecule has 1 aromatic heterocycles. The van der Waals surface area contributed by atoms with E-state index in [1.54, 1.807) is 0 Å². The van der Waals surface area contributed by atoms with Gasteiger partial charge in [0.2, 0.25) is 0 Å². The zero-order chi connectivity index (χ0) is 13.9. The van der Waals surface area contributed by atoms with Gasteiger partial charge in [-0.3, -0.25) is 0 Å². The van der Waals surface area contributed by atoms with Crippen LogP contribution >= 0.6 is 15.9 Å². The molecule has 0 radical (unpaired) electrons. The Morgan fingerprint density at radius 2 is 1.74 bits per heavy atom. The van der Waals surface area contributed by atoms with Gasteiger partial charge in [0, 0.05) is 6.54 Å². The first kappa shape index (κ1) is 13.8. The largest absolute Gasteiger partial charge is 0.416 e. The second kappa shape index (κ2) is 5.56. The van der Waals surface area contributed by atoms with Crippen LogP contribution in [0.5, 0.6) is 0 Å². The van der Waals surface area contributed by atoms with Crippen molar-refractivity contribution < 1.29 is 13.2 Å². The molecule has 2 rings (SSSR count). The monoisotopic (exact) mass is 331 g/mol. The maximum atomic E-state index is 12.4. The van der Waals surface area contributed by atoms with Crippen LogP contribution in [0.15, 0.2) is 41.3 Å². The maximum absolute atomic E-state index is 12.4. The number of halogens is 4. The number of hydrogen-bond donors (Lipinski definition) is 1. The lowest BCUT2D eigenvalue weighted by molar-refractivity contribution is -0.137. The third kappa shape index (κ3) is 3.92. The Balaban J connectivity index is 1.98. The molecule has 100 valence electrons. The Labute approximate surface area is 116 Å². The highest BCUT2D eigenvalue weighted by Crippen LogP contribution is 2.29. The highest BCUT2D eigenvalue weighted by atomic mass is 79.9. The Morgan fingerprint density at radius 1 is 1.05 bits per heavy atom. The second-order valence-corrected chi connectivity index (χ2v) is 4.59. The lowest BCUT2D eigenvalue weighted by Crippen LogP contribution is -2.06. The molecule has 2 aromatic rings. The van der Waals surface area contributed by atoms with E-state index in [0.717, 1.165) is 17.7 Å². The summed E-state index contributed by atoms with van der Waals surface area (Å²) in [4.78, 5) is 8.03. The van der Waals surface area contributed by atoms with Crippen molar-refractivity contribution >= 4 is 21.7 Å². The number of aromatic nitrogens is 2. The van der Waals surface area contributed by atoms with Gasteiger partial charge in [-0.2, -0.15) is 13.2 Å². The van der Waals surface area contributed by atoms with Gasteiger partial charge in [0.25, 0.3) is 0 Å². The molecule has 1 N–H and O–H groups in total. The number of hydrogen-bond acceptors (Lipinski definition) is 3. The molecule has 19 heavy (non-hydrogen) atoms. The standard InChI is InChI=1S/C12H9BrF3N3/c13-10-6-19-11(7-17-10)18-5-8-1-3-9(4-2-8)12(14,15)16/h1-4,6-7H,5H2,(H,18,19). The molecule has 0 saturated heterocycles. The van der Waals surface area contributed by atoms with Crippen molar-refractivity contribution in [1.82, 2.24) is 9.97 Å². The average molecular weight is 332 g/mol. The summed E-state index contributed by atoms with van der Waals surface area (Å²) < 4.78 is 37.7. The summed E-state index contributed by atoms with van der Waals surface area (Å²) >= 11 is 3.16. The molecule has 0 unspecified atom stereocenters. The van der Waals surface area contributed by atoms with Crippen LogP contribution in [0.4, 0.5) is 19.0 Å². The highest BCUT2D eigenvalue weighted by molar-refractivity contribution is 9.10. The molecule has 0 aliphatic rings. The van der Waals surface area contributed by atoms with Gasteiger partial charge in [-0.1, -0.05) is 12.1 Å². The molecule has 0 bridgehead atoms. The van der Waals surface area contributed by atoms with Gasteiger partial charge in [-0.05, 0) is 33.6 Å². The number of anilines is 1. The normalized spacial score (nSPS) is 11.4. The number of nitrogens with zero attached hydrogens (tertiary/aromatic N) is 2. The van der Waals surface area contributed by atoms with Gasteiger partial charge in [0.1, 0.15) is 10.4 Å². The minimum absolute atomic E-state index is 0.383. The molecular weight excluding hydrogens is 323 g/mol. The number of nitrogens with one attached hydrogen (secondary N) is 1. The van der Waals surface area contributed by atoms with Crippen molar-refractivity contribution in [3.05, 3.63) is 52.4 Å². The van der Waals surface area contributed by atoms with Crippen molar-refractivity contribution in [3.63, 3.8) is 0 Å². The van der Waals surface area contributed by atoms with Gasteiger partial charge in [0.05, 0.1) is 18.0 Å². The molecule has 0 aliphatic carbocycles. The van der Waals surface area contributed by atoms with Crippen LogP contribution in [-0.4, -0.2) is 9.97 Å². The highest BCUT2D eigenvalue weighted by Gasteiger charge is 2.29. The smallest absolute Gasteiger partial charge is 0.365 e. The lowest BCUT2D eigenvalue weighted by atomic mass is 10.1. The zero-order valence-electron chi connectivity index (χ0n) is 9.58. The van der Waals surface area contributed by atoms with Gasteiger partial charge >= 0.3 is 6.18 Å². The molecule has 0 fully saturated rings. The van der Waals surface area contributed by atoms with Crippen molar-refractivity contribution in [2.45, 2.75) is 12.7 Å². The van der Waals surface area contributed by atoms with E-state index in [9.17, 15) is 13.2 Å². The number of alkyl halides is 3. The molecule has 3 nitrogen and oxygen atoms in total. The quantitative estimate of drug-likeness (QED) is 0.927. The van der Waals surface area contributed by atoms with Gasteiger partial charge in [-0.15, -0.1) is 0 Å². The zero-order valence-corrected chi connectivity index (χ0v) is 11.2. The Bertz CT molecular complexity index is 538. The third-order valence-corrected chi connectivity index (χ3v) is 2.78. The summed E-state index contributed by atoms with van der Waals surface area (Å²) in [6.07, 6.45) is -1.23. The van der Waals surface area contributed by atoms with E-state index >= 15 is 0 Å². The molecule has 1 aromatic carbocycles. The Morgan fingerprint density at radius 3 is 2.26 bits per heavy atom. The minimum atomic E-state index is -4.30. The first-order valence-corrected chi connectivity index (χ1v) is 6.12. The molecule has 0 atom stereocenters. The Kier molecular flexibility index (Phi) is 4.04. The second-order valence-electron chi connectivity index (χ2n) is 3.77. The summed E-state index contributed by atoms with van der Waals surface area (Å²) in [5.74, 6) is 0.558. The van der Waals surface area contributed by atoms with Gasteiger partial charge in [0.15, 0.2) is 0 Å². The van der Waals surface area contributed by atoms with Crippen LogP contribution in [0, 0.1) is 0 Å². The number of benzene rings is 1. The SMILES string of the molecule is FC(F)(F)c1ccc(CNc2cnc(Br)cn2)cc1. The van der Waals surface area contributed by atoms with E-state index in [4.69, 9.17) is 0 Å². The maximum Gasteiger partial charge on any atom is 0.416 e. The van der Waals surface area contributed by atoms with Crippen molar-refractivity contribution in [1.29, 1.82) is 0 Å². The summed E-state index contributed by atoms with van der Waals surface area (Å²) in [5.41, 5.74) is 0.0809. The van der Waals surface area contributed by atoms with Crippen LogP contribution in [0.1, 0.15) is 11.1 Å². The van der Waals surface area contributed by atoms with E-state index in [0.29, 0.717) is 17.0 Å². The fourth-order valence-corrected chi connectivity index (χ4v) is 1.61. The number of rotatable bonds is 3. The topological polar surface area (TPSA) is 37.8 Å². The minimum Gasteiger partial charge on any atom is -0.365 e. The first-order valence-electron chi connectivity index (χ1n) is 5.33. The van der Waals surface area contributed by atoms with Crippen LogP contribution in [0.25, 0.3) is 0 Å². The van der Waals surface area contributed by atoms with E-state index in [-0.39, 0.29) is 0 Å². The fourth-order valence-electron chi connectivity index (χ4n) is 1.41. The van der Waals surface area contributed by atoms with Crippen molar-refractivity contribution in [2.75, 3.05) is 5.32 Å². The molecule has 0 spiro atoms. The fraction of sp³-hybridized carbons (Fsp3) is 0.167. The predicted octanol–water partition coefficient (Wildman–Crippen LogP) is 3.87. The van der Waals surface area contributed by atoms with E-state index < -0.39 is 11.7 Å². The summed E-state index contributed by atoms with van der Waals surface area (Å²) in [6.45, 7) is 0.383. The Hall–Kier alpha value is -1.63. The average Bonchev–Trinajstić information content (AvgIpc) is 2.37. The third-order valence-electron chi connectivity index (χ3n) is 2.38.